The van der Waals surface area contributed by atoms with E-state index in [2.05, 4.69) is 4.98 Å². The molecule has 7 nitrogen and oxygen atoms in total. The molecule has 26 heavy (non-hydrogen) atoms. The summed E-state index contributed by atoms with van der Waals surface area (Å²) >= 11 is 0. The number of aryl methyl sites for hydroxylation is 1. The SMILES string of the molecule is Cn1c(C(=O)N2CCC(C(=O)O)(n3ccnc3)CC2)cc2ccccc21. The Labute approximate surface area is 150 Å². The van der Waals surface area contributed by atoms with Gasteiger partial charge >= 0.3 is 5.97 Å². The van der Waals surface area contributed by atoms with Crippen LogP contribution >= 0.6 is 0 Å². The van der Waals surface area contributed by atoms with Crippen molar-refractivity contribution in [2.75, 3.05) is 13.1 Å². The highest BCUT2D eigenvalue weighted by Gasteiger charge is 2.44. The first-order valence-corrected chi connectivity index (χ1v) is 8.58. The molecule has 1 fully saturated rings. The quantitative estimate of drug-likeness (QED) is 0.783. The van der Waals surface area contributed by atoms with Crippen LogP contribution in [-0.4, -0.2) is 49.1 Å². The molecule has 0 aliphatic carbocycles. The molecule has 1 aromatic carbocycles. The van der Waals surface area contributed by atoms with E-state index in [4.69, 9.17) is 0 Å². The van der Waals surface area contributed by atoms with E-state index in [1.165, 1.54) is 6.33 Å². The number of aliphatic carboxylic acids is 1. The summed E-state index contributed by atoms with van der Waals surface area (Å²) in [4.78, 5) is 30.7. The zero-order valence-electron chi connectivity index (χ0n) is 14.5. The minimum atomic E-state index is -1.04. The van der Waals surface area contributed by atoms with Crippen molar-refractivity contribution >= 4 is 22.8 Å². The third kappa shape index (κ3) is 2.39. The number of piperidine rings is 1. The first-order chi connectivity index (χ1) is 12.5. The molecular formula is C19H20N4O3. The predicted molar refractivity (Wildman–Crippen MR) is 95.9 cm³/mol. The van der Waals surface area contributed by atoms with Crippen LogP contribution in [0.3, 0.4) is 0 Å². The highest BCUT2D eigenvalue weighted by molar-refractivity contribution is 5.98. The number of benzene rings is 1. The molecule has 0 atom stereocenters. The summed E-state index contributed by atoms with van der Waals surface area (Å²) in [5.41, 5.74) is 0.592. The summed E-state index contributed by atoms with van der Waals surface area (Å²) in [7, 11) is 1.88. The van der Waals surface area contributed by atoms with Crippen molar-refractivity contribution in [3.63, 3.8) is 0 Å². The molecule has 3 aromatic rings. The fourth-order valence-electron chi connectivity index (χ4n) is 3.83. The number of aromatic nitrogens is 3. The van der Waals surface area contributed by atoms with Crippen molar-refractivity contribution in [1.29, 1.82) is 0 Å². The number of para-hydroxylation sites is 1. The summed E-state index contributed by atoms with van der Waals surface area (Å²) in [5.74, 6) is -0.944. The molecule has 7 heteroatoms. The number of imidazole rings is 1. The average molecular weight is 352 g/mol. The van der Waals surface area contributed by atoms with Gasteiger partial charge in [0.15, 0.2) is 0 Å². The van der Waals surface area contributed by atoms with Gasteiger partial charge in [-0.05, 0) is 25.0 Å². The Morgan fingerprint density at radius 1 is 1.19 bits per heavy atom. The molecular weight excluding hydrogens is 332 g/mol. The second-order valence-electron chi connectivity index (χ2n) is 6.75. The molecule has 0 bridgehead atoms. The predicted octanol–water partition coefficient (Wildman–Crippen LogP) is 2.09. The number of carbonyl (C=O) groups is 2. The van der Waals surface area contributed by atoms with Crippen molar-refractivity contribution < 1.29 is 14.7 Å². The van der Waals surface area contributed by atoms with Crippen LogP contribution in [-0.2, 0) is 17.4 Å². The lowest BCUT2D eigenvalue weighted by atomic mass is 9.87. The molecule has 0 saturated carbocycles. The average Bonchev–Trinajstić information content (AvgIpc) is 3.30. The molecule has 1 aliphatic rings. The number of nitrogens with zero attached hydrogens (tertiary/aromatic N) is 4. The van der Waals surface area contributed by atoms with Crippen LogP contribution in [0.1, 0.15) is 23.3 Å². The van der Waals surface area contributed by atoms with Gasteiger partial charge in [-0.15, -0.1) is 0 Å². The minimum Gasteiger partial charge on any atom is -0.479 e. The van der Waals surface area contributed by atoms with E-state index >= 15 is 0 Å². The van der Waals surface area contributed by atoms with Crippen molar-refractivity contribution in [2.45, 2.75) is 18.4 Å². The molecule has 0 spiro atoms. The van der Waals surface area contributed by atoms with E-state index < -0.39 is 11.5 Å². The van der Waals surface area contributed by atoms with Gasteiger partial charge in [0.2, 0.25) is 0 Å². The number of fused-ring (bicyclic) bond motifs is 1. The van der Waals surface area contributed by atoms with E-state index in [1.54, 1.807) is 21.9 Å². The number of hydrogen-bond acceptors (Lipinski definition) is 3. The molecule has 134 valence electrons. The van der Waals surface area contributed by atoms with Gasteiger partial charge in [-0.1, -0.05) is 18.2 Å². The van der Waals surface area contributed by atoms with Gasteiger partial charge in [-0.2, -0.15) is 0 Å². The molecule has 0 unspecified atom stereocenters. The lowest BCUT2D eigenvalue weighted by Gasteiger charge is -2.39. The fourth-order valence-corrected chi connectivity index (χ4v) is 3.83. The van der Waals surface area contributed by atoms with Gasteiger partial charge in [-0.25, -0.2) is 9.78 Å². The topological polar surface area (TPSA) is 80.4 Å². The van der Waals surface area contributed by atoms with Crippen molar-refractivity contribution in [2.24, 2.45) is 7.05 Å². The maximum absolute atomic E-state index is 13.0. The molecule has 0 radical (unpaired) electrons. The monoisotopic (exact) mass is 352 g/mol. The van der Waals surface area contributed by atoms with E-state index in [9.17, 15) is 14.7 Å². The normalized spacial score (nSPS) is 16.7. The highest BCUT2D eigenvalue weighted by Crippen LogP contribution is 2.31. The Bertz CT molecular complexity index is 966. The Morgan fingerprint density at radius 3 is 2.54 bits per heavy atom. The van der Waals surface area contributed by atoms with Crippen LogP contribution in [0.4, 0.5) is 0 Å². The second-order valence-corrected chi connectivity index (χ2v) is 6.75. The van der Waals surface area contributed by atoms with Gasteiger partial charge in [0, 0.05) is 43.4 Å². The number of carboxylic acid groups (broad SMARTS) is 1. The highest BCUT2D eigenvalue weighted by atomic mass is 16.4. The zero-order valence-corrected chi connectivity index (χ0v) is 14.5. The van der Waals surface area contributed by atoms with Gasteiger partial charge in [0.1, 0.15) is 11.2 Å². The third-order valence-electron chi connectivity index (χ3n) is 5.45. The van der Waals surface area contributed by atoms with Crippen LogP contribution in [0.25, 0.3) is 10.9 Å². The number of amides is 1. The number of hydrogen-bond donors (Lipinski definition) is 1. The molecule has 1 aliphatic heterocycles. The second kappa shape index (κ2) is 6.01. The van der Waals surface area contributed by atoms with Crippen LogP contribution < -0.4 is 0 Å². The van der Waals surface area contributed by atoms with Gasteiger partial charge < -0.3 is 19.1 Å². The van der Waals surface area contributed by atoms with E-state index in [-0.39, 0.29) is 5.91 Å². The molecule has 4 rings (SSSR count). The molecule has 1 N–H and O–H groups in total. The van der Waals surface area contributed by atoms with Crippen LogP contribution in [0, 0.1) is 0 Å². The zero-order chi connectivity index (χ0) is 18.3. The summed E-state index contributed by atoms with van der Waals surface area (Å²) in [5, 5.41) is 10.8. The number of carboxylic acids is 1. The van der Waals surface area contributed by atoms with Crippen LogP contribution in [0.2, 0.25) is 0 Å². The summed E-state index contributed by atoms with van der Waals surface area (Å²) in [6.07, 6.45) is 5.51. The Hall–Kier alpha value is -3.09. The number of carbonyl (C=O) groups excluding carboxylic acids is 1. The summed E-state index contributed by atoms with van der Waals surface area (Å²) in [6, 6.07) is 9.76. The maximum Gasteiger partial charge on any atom is 0.330 e. The Balaban J connectivity index is 1.58. The van der Waals surface area contributed by atoms with Crippen molar-refractivity contribution in [3.05, 3.63) is 54.7 Å². The van der Waals surface area contributed by atoms with Gasteiger partial charge in [0.25, 0.3) is 5.91 Å². The van der Waals surface area contributed by atoms with Gasteiger partial charge in [-0.3, -0.25) is 4.79 Å². The largest absolute Gasteiger partial charge is 0.479 e. The molecule has 2 aromatic heterocycles. The minimum absolute atomic E-state index is 0.0617. The van der Waals surface area contributed by atoms with E-state index in [1.807, 2.05) is 41.9 Å². The Morgan fingerprint density at radius 2 is 1.92 bits per heavy atom. The van der Waals surface area contributed by atoms with Gasteiger partial charge in [0.05, 0.1) is 6.33 Å². The lowest BCUT2D eigenvalue weighted by molar-refractivity contribution is -0.150. The lowest BCUT2D eigenvalue weighted by Crippen LogP contribution is -2.52. The number of likely N-dealkylation sites (tertiary alicyclic amines) is 1. The number of rotatable bonds is 3. The van der Waals surface area contributed by atoms with Crippen molar-refractivity contribution in [1.82, 2.24) is 19.0 Å². The summed E-state index contributed by atoms with van der Waals surface area (Å²) in [6.45, 7) is 0.787. The van der Waals surface area contributed by atoms with Crippen LogP contribution in [0.15, 0.2) is 49.1 Å². The Kier molecular flexibility index (Phi) is 3.79. The molecule has 3 heterocycles. The smallest absolute Gasteiger partial charge is 0.330 e. The van der Waals surface area contributed by atoms with E-state index in [0.29, 0.717) is 31.6 Å². The van der Waals surface area contributed by atoms with Crippen LogP contribution in [0.5, 0.6) is 0 Å². The third-order valence-corrected chi connectivity index (χ3v) is 5.45. The summed E-state index contributed by atoms with van der Waals surface area (Å²) < 4.78 is 3.54. The fraction of sp³-hybridized carbons (Fsp3) is 0.316. The van der Waals surface area contributed by atoms with E-state index in [0.717, 1.165) is 10.9 Å². The molecule has 1 amide bonds. The van der Waals surface area contributed by atoms with Crippen molar-refractivity contribution in [3.8, 4) is 0 Å². The first-order valence-electron chi connectivity index (χ1n) is 8.58. The maximum atomic E-state index is 13.0. The standard InChI is InChI=1S/C19H20N4O3/c1-21-15-5-3-2-4-14(15)12-16(21)17(24)22-9-6-19(7-10-22,18(25)26)23-11-8-20-13-23/h2-5,8,11-13H,6-7,9-10H2,1H3,(H,25,26). The first kappa shape index (κ1) is 16.4. The molecule has 1 saturated heterocycles.